The number of nitrogens with one attached hydrogen (secondary N) is 1. The molecule has 0 unspecified atom stereocenters. The van der Waals surface area contributed by atoms with Crippen molar-refractivity contribution in [1.29, 1.82) is 0 Å². The SMILES string of the molecule is CCCCc1nnc(NC(=O)COc2ccc(Br)cc2Cl)s1. The number of aromatic nitrogens is 2. The number of nitrogens with zero attached hydrogens (tertiary/aromatic N) is 2. The zero-order valence-corrected chi connectivity index (χ0v) is 15.1. The van der Waals surface area contributed by atoms with Gasteiger partial charge < -0.3 is 4.74 Å². The van der Waals surface area contributed by atoms with Crippen LogP contribution in [0.2, 0.25) is 5.02 Å². The third-order valence-corrected chi connectivity index (χ3v) is 4.40. The van der Waals surface area contributed by atoms with Crippen molar-refractivity contribution in [3.8, 4) is 5.75 Å². The van der Waals surface area contributed by atoms with E-state index in [0.29, 0.717) is 15.9 Å². The van der Waals surface area contributed by atoms with Gasteiger partial charge in [-0.1, -0.05) is 52.2 Å². The molecular weight excluding hydrogens is 390 g/mol. The number of rotatable bonds is 7. The van der Waals surface area contributed by atoms with E-state index in [1.165, 1.54) is 11.3 Å². The Bertz CT molecular complexity index is 651. The minimum absolute atomic E-state index is 0.134. The number of aryl methyl sites for hydroxylation is 1. The van der Waals surface area contributed by atoms with Gasteiger partial charge in [0.1, 0.15) is 10.8 Å². The largest absolute Gasteiger partial charge is 0.482 e. The number of carbonyl (C=O) groups excluding carboxylic acids is 1. The lowest BCUT2D eigenvalue weighted by Gasteiger charge is -2.07. The van der Waals surface area contributed by atoms with E-state index in [1.54, 1.807) is 18.2 Å². The fraction of sp³-hybridized carbons (Fsp3) is 0.357. The maximum atomic E-state index is 11.8. The van der Waals surface area contributed by atoms with E-state index in [-0.39, 0.29) is 12.5 Å². The molecule has 22 heavy (non-hydrogen) atoms. The van der Waals surface area contributed by atoms with Gasteiger partial charge in [0.25, 0.3) is 5.91 Å². The molecule has 0 saturated carbocycles. The van der Waals surface area contributed by atoms with E-state index >= 15 is 0 Å². The molecule has 2 aromatic rings. The van der Waals surface area contributed by atoms with Gasteiger partial charge in [-0.15, -0.1) is 10.2 Å². The Kier molecular flexibility index (Phi) is 6.60. The fourth-order valence-electron chi connectivity index (χ4n) is 1.62. The number of anilines is 1. The molecule has 0 radical (unpaired) electrons. The fourth-order valence-corrected chi connectivity index (χ4v) is 3.15. The first-order valence-corrected chi connectivity index (χ1v) is 8.77. The van der Waals surface area contributed by atoms with Gasteiger partial charge in [-0.25, -0.2) is 0 Å². The Balaban J connectivity index is 1.83. The third-order valence-electron chi connectivity index (χ3n) is 2.71. The summed E-state index contributed by atoms with van der Waals surface area (Å²) in [4.78, 5) is 11.8. The molecule has 1 N–H and O–H groups in total. The normalized spacial score (nSPS) is 10.5. The number of ether oxygens (including phenoxy) is 1. The Morgan fingerprint density at radius 2 is 2.27 bits per heavy atom. The van der Waals surface area contributed by atoms with Crippen molar-refractivity contribution < 1.29 is 9.53 Å². The quantitative estimate of drug-likeness (QED) is 0.746. The molecule has 5 nitrogen and oxygen atoms in total. The van der Waals surface area contributed by atoms with Gasteiger partial charge >= 0.3 is 0 Å². The summed E-state index contributed by atoms with van der Waals surface area (Å²) in [5, 5.41) is 12.5. The summed E-state index contributed by atoms with van der Waals surface area (Å²) in [6.07, 6.45) is 3.05. The first-order valence-electron chi connectivity index (χ1n) is 6.78. The lowest BCUT2D eigenvalue weighted by Crippen LogP contribution is -2.20. The van der Waals surface area contributed by atoms with Gasteiger partial charge in [-0.3, -0.25) is 10.1 Å². The zero-order valence-electron chi connectivity index (χ0n) is 11.9. The second-order valence-electron chi connectivity index (χ2n) is 4.52. The zero-order chi connectivity index (χ0) is 15.9. The molecule has 0 fully saturated rings. The molecule has 1 heterocycles. The van der Waals surface area contributed by atoms with Gasteiger partial charge in [-0.05, 0) is 24.6 Å². The van der Waals surface area contributed by atoms with Crippen LogP contribution in [0.4, 0.5) is 5.13 Å². The first kappa shape index (κ1) is 17.2. The van der Waals surface area contributed by atoms with Gasteiger partial charge in [0, 0.05) is 10.9 Å². The Labute approximate surface area is 146 Å². The number of hydrogen-bond donors (Lipinski definition) is 1. The number of benzene rings is 1. The molecule has 0 aliphatic rings. The average Bonchev–Trinajstić information content (AvgIpc) is 2.91. The molecule has 0 bridgehead atoms. The molecule has 2 rings (SSSR count). The van der Waals surface area contributed by atoms with Crippen LogP contribution in [0, 0.1) is 0 Å². The molecule has 1 aromatic carbocycles. The van der Waals surface area contributed by atoms with E-state index in [1.807, 2.05) is 0 Å². The molecule has 8 heteroatoms. The third kappa shape index (κ3) is 5.23. The summed E-state index contributed by atoms with van der Waals surface area (Å²) < 4.78 is 6.24. The minimum atomic E-state index is -0.294. The number of carbonyl (C=O) groups is 1. The molecule has 0 atom stereocenters. The van der Waals surface area contributed by atoms with Crippen molar-refractivity contribution in [3.05, 3.63) is 32.7 Å². The Hall–Kier alpha value is -1.18. The number of amides is 1. The van der Waals surface area contributed by atoms with Gasteiger partial charge in [-0.2, -0.15) is 0 Å². The number of halogens is 2. The molecule has 1 aromatic heterocycles. The van der Waals surface area contributed by atoms with Crippen molar-refractivity contribution in [1.82, 2.24) is 10.2 Å². The van der Waals surface area contributed by atoms with E-state index in [9.17, 15) is 4.79 Å². The van der Waals surface area contributed by atoms with Gasteiger partial charge in [0.15, 0.2) is 6.61 Å². The highest BCUT2D eigenvalue weighted by molar-refractivity contribution is 9.10. The van der Waals surface area contributed by atoms with E-state index in [4.69, 9.17) is 16.3 Å². The van der Waals surface area contributed by atoms with Crippen LogP contribution in [0.15, 0.2) is 22.7 Å². The highest BCUT2D eigenvalue weighted by Crippen LogP contribution is 2.27. The molecule has 1 amide bonds. The highest BCUT2D eigenvalue weighted by atomic mass is 79.9. The summed E-state index contributed by atoms with van der Waals surface area (Å²) in [6, 6.07) is 5.21. The summed E-state index contributed by atoms with van der Waals surface area (Å²) in [6.45, 7) is 1.99. The van der Waals surface area contributed by atoms with Crippen LogP contribution in [0.5, 0.6) is 5.75 Å². The van der Waals surface area contributed by atoms with Crippen LogP contribution < -0.4 is 10.1 Å². The van der Waals surface area contributed by atoms with Crippen molar-refractivity contribution in [3.63, 3.8) is 0 Å². The lowest BCUT2D eigenvalue weighted by atomic mass is 10.3. The van der Waals surface area contributed by atoms with Gasteiger partial charge in [0.05, 0.1) is 5.02 Å². The van der Waals surface area contributed by atoms with Crippen molar-refractivity contribution in [2.24, 2.45) is 0 Å². The van der Waals surface area contributed by atoms with Crippen molar-refractivity contribution in [2.45, 2.75) is 26.2 Å². The van der Waals surface area contributed by atoms with Crippen LogP contribution in [-0.2, 0) is 11.2 Å². The minimum Gasteiger partial charge on any atom is -0.482 e. The Morgan fingerprint density at radius 3 is 3.00 bits per heavy atom. The summed E-state index contributed by atoms with van der Waals surface area (Å²) in [7, 11) is 0. The molecular formula is C14H15BrClN3O2S. The summed E-state index contributed by atoms with van der Waals surface area (Å²) in [5.41, 5.74) is 0. The lowest BCUT2D eigenvalue weighted by molar-refractivity contribution is -0.118. The monoisotopic (exact) mass is 403 g/mol. The predicted octanol–water partition coefficient (Wildman–Crippen LogP) is 4.31. The van der Waals surface area contributed by atoms with Crippen LogP contribution in [0.3, 0.4) is 0 Å². The topological polar surface area (TPSA) is 64.1 Å². The van der Waals surface area contributed by atoms with Crippen LogP contribution >= 0.6 is 38.9 Å². The van der Waals surface area contributed by atoms with Crippen molar-refractivity contribution >= 4 is 49.9 Å². The second kappa shape index (κ2) is 8.45. The maximum absolute atomic E-state index is 11.8. The number of hydrogen-bond acceptors (Lipinski definition) is 5. The Morgan fingerprint density at radius 1 is 1.45 bits per heavy atom. The molecule has 0 aliphatic carbocycles. The molecule has 0 saturated heterocycles. The van der Waals surface area contributed by atoms with E-state index in [0.717, 1.165) is 28.7 Å². The van der Waals surface area contributed by atoms with Crippen LogP contribution in [0.25, 0.3) is 0 Å². The smallest absolute Gasteiger partial charge is 0.264 e. The maximum Gasteiger partial charge on any atom is 0.264 e. The molecule has 0 aliphatic heterocycles. The second-order valence-corrected chi connectivity index (χ2v) is 6.90. The van der Waals surface area contributed by atoms with E-state index in [2.05, 4.69) is 38.4 Å². The standard InChI is InChI=1S/C14H15BrClN3O2S/c1-2-3-4-13-18-19-14(22-13)17-12(20)8-21-11-6-5-9(15)7-10(11)16/h5-7H,2-4,8H2,1H3,(H,17,19,20). The highest BCUT2D eigenvalue weighted by Gasteiger charge is 2.10. The predicted molar refractivity (Wildman–Crippen MR) is 91.8 cm³/mol. The average molecular weight is 405 g/mol. The number of unbranched alkanes of at least 4 members (excludes halogenated alkanes) is 1. The summed E-state index contributed by atoms with van der Waals surface area (Å²) >= 11 is 10.7. The molecule has 118 valence electrons. The van der Waals surface area contributed by atoms with Crippen LogP contribution in [-0.4, -0.2) is 22.7 Å². The first-order chi connectivity index (χ1) is 10.6. The molecule has 0 spiro atoms. The van der Waals surface area contributed by atoms with E-state index < -0.39 is 0 Å². The van der Waals surface area contributed by atoms with Crippen molar-refractivity contribution in [2.75, 3.05) is 11.9 Å². The van der Waals surface area contributed by atoms with Gasteiger partial charge in [0.2, 0.25) is 5.13 Å². The summed E-state index contributed by atoms with van der Waals surface area (Å²) in [5.74, 6) is 0.165. The van der Waals surface area contributed by atoms with Crippen LogP contribution in [0.1, 0.15) is 24.8 Å².